The number of carbonyl (C=O) groups excluding carboxylic acids is 1. The zero-order valence-corrected chi connectivity index (χ0v) is 17.5. The summed E-state index contributed by atoms with van der Waals surface area (Å²) in [5.41, 5.74) is -0.991. The average Bonchev–Trinajstić information content (AvgIpc) is 3.17. The topological polar surface area (TPSA) is 108 Å². The van der Waals surface area contributed by atoms with E-state index in [0.29, 0.717) is 27.7 Å². The Morgan fingerprint density at radius 2 is 1.90 bits per heavy atom. The number of carbonyl (C=O) groups is 1. The second kappa shape index (κ2) is 8.23. The predicted octanol–water partition coefficient (Wildman–Crippen LogP) is 3.58. The van der Waals surface area contributed by atoms with Crippen molar-refractivity contribution < 1.29 is 32.9 Å². The number of methoxy groups -OCH3 is 1. The zero-order valence-electron chi connectivity index (χ0n) is 17.5. The van der Waals surface area contributed by atoms with Crippen LogP contribution in [0.1, 0.15) is 27.7 Å². The Bertz CT molecular complexity index is 1160. The highest BCUT2D eigenvalue weighted by atomic mass is 16.6. The minimum atomic E-state index is -1.37. The lowest BCUT2D eigenvalue weighted by atomic mass is 10.0. The molecule has 2 heterocycles. The Morgan fingerprint density at radius 1 is 1.20 bits per heavy atom. The van der Waals surface area contributed by atoms with Crippen molar-refractivity contribution in [2.45, 2.75) is 39.4 Å². The van der Waals surface area contributed by atoms with Gasteiger partial charge in [-0.3, -0.25) is 0 Å². The highest BCUT2D eigenvalue weighted by molar-refractivity contribution is 6.06. The summed E-state index contributed by atoms with van der Waals surface area (Å²) in [6, 6.07) is 4.51. The second-order valence-electron chi connectivity index (χ2n) is 7.35. The molecule has 3 rings (SSSR count). The van der Waals surface area contributed by atoms with Gasteiger partial charge in [0.25, 0.3) is 0 Å². The third-order valence-corrected chi connectivity index (χ3v) is 4.78. The molecule has 0 radical (unpaired) electrons. The van der Waals surface area contributed by atoms with E-state index in [4.69, 9.17) is 23.0 Å². The highest BCUT2D eigenvalue weighted by Crippen LogP contribution is 2.42. The standard InChI is InChI=1S/C22H24O8/c1-6-12(2)21(24)29-15(22(3,4)25)11-28-17-13-7-8-16(23)30-19(13)20(26-5)18-14(17)9-10-27-18/h6-10,15,25H,11H2,1-5H3/b12-6+. The van der Waals surface area contributed by atoms with Crippen molar-refractivity contribution in [2.75, 3.05) is 13.7 Å². The average molecular weight is 416 g/mol. The van der Waals surface area contributed by atoms with E-state index in [-0.39, 0.29) is 17.9 Å². The summed E-state index contributed by atoms with van der Waals surface area (Å²) in [4.78, 5) is 24.0. The number of aliphatic hydroxyl groups is 1. The van der Waals surface area contributed by atoms with E-state index >= 15 is 0 Å². The molecule has 160 valence electrons. The molecule has 1 atom stereocenters. The lowest BCUT2D eigenvalue weighted by Gasteiger charge is -2.29. The molecule has 0 aliphatic carbocycles. The molecule has 8 nitrogen and oxygen atoms in total. The van der Waals surface area contributed by atoms with E-state index < -0.39 is 23.3 Å². The van der Waals surface area contributed by atoms with E-state index in [0.717, 1.165) is 0 Å². The van der Waals surface area contributed by atoms with Crippen molar-refractivity contribution >= 4 is 27.9 Å². The van der Waals surface area contributed by atoms with Crippen LogP contribution in [0.5, 0.6) is 11.5 Å². The molecule has 0 aliphatic heterocycles. The number of esters is 1. The third kappa shape index (κ3) is 4.04. The van der Waals surface area contributed by atoms with Crippen LogP contribution in [-0.2, 0) is 9.53 Å². The van der Waals surface area contributed by atoms with Crippen LogP contribution in [0.4, 0.5) is 0 Å². The van der Waals surface area contributed by atoms with E-state index in [1.54, 1.807) is 32.1 Å². The predicted molar refractivity (Wildman–Crippen MR) is 110 cm³/mol. The quantitative estimate of drug-likeness (QED) is 0.354. The monoisotopic (exact) mass is 416 g/mol. The lowest BCUT2D eigenvalue weighted by molar-refractivity contribution is -0.160. The summed E-state index contributed by atoms with van der Waals surface area (Å²) >= 11 is 0. The summed E-state index contributed by atoms with van der Waals surface area (Å²) in [5.74, 6) is 0.0721. The number of fused-ring (bicyclic) bond motifs is 2. The van der Waals surface area contributed by atoms with Crippen LogP contribution in [0, 0.1) is 0 Å². The first-order chi connectivity index (χ1) is 14.2. The molecule has 1 N–H and O–H groups in total. The molecular formula is C22H24O8. The summed E-state index contributed by atoms with van der Waals surface area (Å²) in [7, 11) is 1.44. The van der Waals surface area contributed by atoms with E-state index in [1.165, 1.54) is 33.3 Å². The van der Waals surface area contributed by atoms with E-state index in [1.807, 2.05) is 0 Å². The second-order valence-corrected chi connectivity index (χ2v) is 7.35. The smallest absolute Gasteiger partial charge is 0.336 e. The number of allylic oxidation sites excluding steroid dienone is 1. The highest BCUT2D eigenvalue weighted by Gasteiger charge is 2.32. The Balaban J connectivity index is 2.04. The molecule has 30 heavy (non-hydrogen) atoms. The molecule has 1 unspecified atom stereocenters. The van der Waals surface area contributed by atoms with Gasteiger partial charge in [0.2, 0.25) is 5.75 Å². The van der Waals surface area contributed by atoms with Crippen LogP contribution in [0.25, 0.3) is 21.9 Å². The minimum Gasteiger partial charge on any atom is -0.490 e. The van der Waals surface area contributed by atoms with Gasteiger partial charge < -0.3 is 28.2 Å². The minimum absolute atomic E-state index is 0.146. The third-order valence-electron chi connectivity index (χ3n) is 4.78. The molecule has 0 saturated carbocycles. The fourth-order valence-corrected chi connectivity index (χ4v) is 2.90. The molecular weight excluding hydrogens is 392 g/mol. The number of hydrogen-bond acceptors (Lipinski definition) is 8. The van der Waals surface area contributed by atoms with Crippen molar-refractivity contribution in [3.8, 4) is 11.5 Å². The number of ether oxygens (including phenoxy) is 3. The van der Waals surface area contributed by atoms with Crippen molar-refractivity contribution in [3.05, 3.63) is 46.5 Å². The maximum atomic E-state index is 12.2. The van der Waals surface area contributed by atoms with Gasteiger partial charge in [0.1, 0.15) is 12.4 Å². The van der Waals surface area contributed by atoms with Crippen LogP contribution in [0.3, 0.4) is 0 Å². The van der Waals surface area contributed by atoms with E-state index in [2.05, 4.69) is 0 Å². The molecule has 3 aromatic rings. The van der Waals surface area contributed by atoms with Crippen LogP contribution >= 0.6 is 0 Å². The van der Waals surface area contributed by atoms with Gasteiger partial charge in [0.15, 0.2) is 17.3 Å². The van der Waals surface area contributed by atoms with Gasteiger partial charge in [0.05, 0.1) is 29.7 Å². The van der Waals surface area contributed by atoms with Crippen LogP contribution in [0.2, 0.25) is 0 Å². The Kier molecular flexibility index (Phi) is 5.89. The molecule has 0 spiro atoms. The van der Waals surface area contributed by atoms with Gasteiger partial charge in [-0.25, -0.2) is 9.59 Å². The first kappa shape index (κ1) is 21.4. The maximum Gasteiger partial charge on any atom is 0.336 e. The lowest BCUT2D eigenvalue weighted by Crippen LogP contribution is -2.44. The fraction of sp³-hybridized carbons (Fsp3) is 0.364. The molecule has 0 aliphatic rings. The Morgan fingerprint density at radius 3 is 2.53 bits per heavy atom. The largest absolute Gasteiger partial charge is 0.490 e. The Labute approximate surface area is 172 Å². The Hall–Kier alpha value is -3.26. The van der Waals surface area contributed by atoms with Crippen LogP contribution in [-0.4, -0.2) is 36.5 Å². The van der Waals surface area contributed by atoms with Crippen LogP contribution < -0.4 is 15.1 Å². The van der Waals surface area contributed by atoms with Gasteiger partial charge in [-0.2, -0.15) is 0 Å². The molecule has 8 heteroatoms. The molecule has 0 saturated heterocycles. The number of benzene rings is 1. The fourth-order valence-electron chi connectivity index (χ4n) is 2.90. The molecule has 0 bridgehead atoms. The van der Waals surface area contributed by atoms with E-state index in [9.17, 15) is 14.7 Å². The summed E-state index contributed by atoms with van der Waals surface area (Å²) < 4.78 is 27.7. The van der Waals surface area contributed by atoms with Gasteiger partial charge in [-0.1, -0.05) is 6.08 Å². The molecule has 1 aromatic carbocycles. The first-order valence-electron chi connectivity index (χ1n) is 9.37. The first-order valence-corrected chi connectivity index (χ1v) is 9.37. The normalized spacial score (nSPS) is 13.5. The number of furan rings is 1. The van der Waals surface area contributed by atoms with Crippen molar-refractivity contribution in [3.63, 3.8) is 0 Å². The van der Waals surface area contributed by atoms with Crippen molar-refractivity contribution in [1.82, 2.24) is 0 Å². The summed E-state index contributed by atoms with van der Waals surface area (Å²) in [6.45, 7) is 6.25. The van der Waals surface area contributed by atoms with Gasteiger partial charge >= 0.3 is 11.6 Å². The molecule has 0 amide bonds. The summed E-state index contributed by atoms with van der Waals surface area (Å²) in [6.07, 6.45) is 2.12. The van der Waals surface area contributed by atoms with Crippen molar-refractivity contribution in [1.29, 1.82) is 0 Å². The number of hydrogen-bond donors (Lipinski definition) is 1. The summed E-state index contributed by atoms with van der Waals surface area (Å²) in [5, 5.41) is 11.5. The zero-order chi connectivity index (χ0) is 22.1. The SMILES string of the molecule is C/C=C(\C)C(=O)OC(COc1c2ccoc2c(OC)c2oc(=O)ccc12)C(C)(C)O. The van der Waals surface area contributed by atoms with Crippen molar-refractivity contribution in [2.24, 2.45) is 0 Å². The number of rotatable bonds is 7. The molecule has 0 fully saturated rings. The van der Waals surface area contributed by atoms with Gasteiger partial charge in [0, 0.05) is 11.6 Å². The van der Waals surface area contributed by atoms with Gasteiger partial charge in [-0.05, 0) is 39.8 Å². The maximum absolute atomic E-state index is 12.2. The van der Waals surface area contributed by atoms with Gasteiger partial charge in [-0.15, -0.1) is 0 Å². The molecule has 2 aromatic heterocycles. The van der Waals surface area contributed by atoms with Crippen LogP contribution in [0.15, 0.2) is 49.7 Å².